The van der Waals surface area contributed by atoms with Gasteiger partial charge in [-0.3, -0.25) is 4.79 Å². The molecule has 0 saturated carbocycles. The van der Waals surface area contributed by atoms with Gasteiger partial charge in [0, 0.05) is 18.7 Å². The molecule has 2 aromatic carbocycles. The third-order valence-corrected chi connectivity index (χ3v) is 6.76. The van der Waals surface area contributed by atoms with Crippen molar-refractivity contribution in [3.63, 3.8) is 0 Å². The minimum absolute atomic E-state index is 0.141. The molecular weight excluding hydrogens is 376 g/mol. The number of sulfonamides is 1. The number of nitrogens with zero attached hydrogens (tertiary/aromatic N) is 1. The van der Waals surface area contributed by atoms with E-state index in [1.165, 1.54) is 16.4 Å². The summed E-state index contributed by atoms with van der Waals surface area (Å²) in [6, 6.07) is 13.5. The average Bonchev–Trinajstić information content (AvgIpc) is 2.72. The van der Waals surface area contributed by atoms with Gasteiger partial charge in [-0.2, -0.15) is 4.31 Å². The van der Waals surface area contributed by atoms with E-state index in [-0.39, 0.29) is 16.8 Å². The molecule has 0 aliphatic heterocycles. The lowest BCUT2D eigenvalue weighted by Crippen LogP contribution is -2.31. The summed E-state index contributed by atoms with van der Waals surface area (Å²) in [5.74, 6) is 0.518. The number of ether oxygens (including phenoxy) is 1. The average molecular weight is 405 g/mol. The van der Waals surface area contributed by atoms with Gasteiger partial charge in [-0.15, -0.1) is 0 Å². The van der Waals surface area contributed by atoms with E-state index in [2.05, 4.69) is 5.32 Å². The molecule has 0 heterocycles. The summed E-state index contributed by atoms with van der Waals surface area (Å²) in [6.07, 6.45) is 0.729. The van der Waals surface area contributed by atoms with Gasteiger partial charge in [0.15, 0.2) is 0 Å². The van der Waals surface area contributed by atoms with Gasteiger partial charge >= 0.3 is 0 Å². The topological polar surface area (TPSA) is 75.7 Å². The minimum atomic E-state index is -3.53. The van der Waals surface area contributed by atoms with Crippen LogP contribution in [0.1, 0.15) is 49.2 Å². The fraction of sp³-hybridized carbons (Fsp3) is 0.381. The third kappa shape index (κ3) is 4.91. The molecule has 0 aromatic heterocycles. The zero-order valence-corrected chi connectivity index (χ0v) is 17.6. The highest BCUT2D eigenvalue weighted by atomic mass is 32.2. The van der Waals surface area contributed by atoms with E-state index >= 15 is 0 Å². The Morgan fingerprint density at radius 2 is 1.57 bits per heavy atom. The molecule has 0 unspecified atom stereocenters. The summed E-state index contributed by atoms with van der Waals surface area (Å²) < 4.78 is 31.7. The maximum absolute atomic E-state index is 12.6. The van der Waals surface area contributed by atoms with Crippen LogP contribution in [0.3, 0.4) is 0 Å². The van der Waals surface area contributed by atoms with E-state index in [4.69, 9.17) is 4.74 Å². The Morgan fingerprint density at radius 3 is 2.04 bits per heavy atom. The van der Waals surface area contributed by atoms with Crippen LogP contribution in [0, 0.1) is 0 Å². The van der Waals surface area contributed by atoms with Gasteiger partial charge in [0.1, 0.15) is 5.75 Å². The fourth-order valence-electron chi connectivity index (χ4n) is 2.99. The molecule has 1 N–H and O–H groups in total. The van der Waals surface area contributed by atoms with E-state index in [1.54, 1.807) is 33.1 Å². The number of methoxy groups -OCH3 is 1. The number of hydrogen-bond donors (Lipinski definition) is 1. The molecule has 0 saturated heterocycles. The van der Waals surface area contributed by atoms with Gasteiger partial charge in [-0.05, 0) is 48.4 Å². The van der Waals surface area contributed by atoms with Crippen LogP contribution in [-0.2, 0) is 10.0 Å². The van der Waals surface area contributed by atoms with Crippen LogP contribution in [0.5, 0.6) is 5.75 Å². The second-order valence-corrected chi connectivity index (χ2v) is 8.26. The van der Waals surface area contributed by atoms with Gasteiger partial charge in [0.25, 0.3) is 5.91 Å². The van der Waals surface area contributed by atoms with Crippen molar-refractivity contribution >= 4 is 15.9 Å². The normalized spacial score (nSPS) is 12.6. The molecule has 0 fully saturated rings. The van der Waals surface area contributed by atoms with Crippen molar-refractivity contribution in [3.8, 4) is 5.75 Å². The predicted molar refractivity (Wildman–Crippen MR) is 110 cm³/mol. The van der Waals surface area contributed by atoms with Crippen LogP contribution >= 0.6 is 0 Å². The Labute approximate surface area is 167 Å². The fourth-order valence-corrected chi connectivity index (χ4v) is 4.45. The Morgan fingerprint density at radius 1 is 1.00 bits per heavy atom. The maximum Gasteiger partial charge on any atom is 0.251 e. The number of carbonyl (C=O) groups excluding carboxylic acids is 1. The molecular formula is C21H28N2O4S. The third-order valence-electron chi connectivity index (χ3n) is 4.69. The van der Waals surface area contributed by atoms with Gasteiger partial charge in [0.05, 0.1) is 18.0 Å². The molecule has 2 aromatic rings. The maximum atomic E-state index is 12.6. The molecule has 6 nitrogen and oxygen atoms in total. The predicted octanol–water partition coefficient (Wildman–Crippen LogP) is 3.61. The van der Waals surface area contributed by atoms with Crippen LogP contribution < -0.4 is 10.1 Å². The van der Waals surface area contributed by atoms with Crippen molar-refractivity contribution in [2.24, 2.45) is 0 Å². The number of carbonyl (C=O) groups is 1. The van der Waals surface area contributed by atoms with E-state index in [0.29, 0.717) is 18.7 Å². The Kier molecular flexibility index (Phi) is 7.60. The van der Waals surface area contributed by atoms with Gasteiger partial charge in [0.2, 0.25) is 10.0 Å². The van der Waals surface area contributed by atoms with Crippen molar-refractivity contribution in [3.05, 3.63) is 59.7 Å². The molecule has 0 aliphatic carbocycles. The monoisotopic (exact) mass is 404 g/mol. The molecule has 0 aliphatic rings. The van der Waals surface area contributed by atoms with E-state index in [0.717, 1.165) is 17.7 Å². The van der Waals surface area contributed by atoms with Crippen molar-refractivity contribution in [2.75, 3.05) is 20.2 Å². The van der Waals surface area contributed by atoms with Crippen LogP contribution in [0.15, 0.2) is 53.4 Å². The highest BCUT2D eigenvalue weighted by Gasteiger charge is 2.22. The number of benzene rings is 2. The number of hydrogen-bond acceptors (Lipinski definition) is 4. The van der Waals surface area contributed by atoms with Crippen LogP contribution in [0.25, 0.3) is 0 Å². The first-order valence-corrected chi connectivity index (χ1v) is 10.9. The summed E-state index contributed by atoms with van der Waals surface area (Å²) in [4.78, 5) is 12.8. The SMILES string of the molecule is CC[C@H](NC(=O)c1ccc(S(=O)(=O)N(CC)CC)cc1)c1ccc(OC)cc1. The largest absolute Gasteiger partial charge is 0.497 e. The van der Waals surface area contributed by atoms with Crippen molar-refractivity contribution in [1.82, 2.24) is 9.62 Å². The standard InChI is InChI=1S/C21H28N2O4S/c1-5-20(16-8-12-18(27-4)13-9-16)22-21(24)17-10-14-19(15-11-17)28(25,26)23(6-2)7-3/h8-15,20H,5-7H2,1-4H3,(H,22,24)/t20-/m0/s1. The summed E-state index contributed by atoms with van der Waals surface area (Å²) in [5.41, 5.74) is 1.41. The molecule has 28 heavy (non-hydrogen) atoms. The summed E-state index contributed by atoms with van der Waals surface area (Å²) >= 11 is 0. The van der Waals surface area contributed by atoms with Crippen LogP contribution in [0.4, 0.5) is 0 Å². The van der Waals surface area contributed by atoms with Crippen molar-refractivity contribution in [2.45, 2.75) is 38.1 Å². The summed E-state index contributed by atoms with van der Waals surface area (Å²) in [5, 5.41) is 3.00. The second kappa shape index (κ2) is 9.71. The number of rotatable bonds is 9. The van der Waals surface area contributed by atoms with Crippen LogP contribution in [-0.4, -0.2) is 38.8 Å². The van der Waals surface area contributed by atoms with E-state index in [9.17, 15) is 13.2 Å². The Hall–Kier alpha value is -2.38. The lowest BCUT2D eigenvalue weighted by Gasteiger charge is -2.19. The first-order chi connectivity index (χ1) is 13.4. The molecule has 0 bridgehead atoms. The first kappa shape index (κ1) is 21.9. The van der Waals surface area contributed by atoms with Gasteiger partial charge in [-0.1, -0.05) is 32.9 Å². The molecule has 152 valence electrons. The number of nitrogens with one attached hydrogen (secondary N) is 1. The minimum Gasteiger partial charge on any atom is -0.497 e. The molecule has 1 atom stereocenters. The molecule has 1 amide bonds. The zero-order valence-electron chi connectivity index (χ0n) is 16.8. The molecule has 0 spiro atoms. The summed E-state index contributed by atoms with van der Waals surface area (Å²) in [6.45, 7) is 6.40. The highest BCUT2D eigenvalue weighted by molar-refractivity contribution is 7.89. The van der Waals surface area contributed by atoms with E-state index in [1.807, 2.05) is 31.2 Å². The second-order valence-electron chi connectivity index (χ2n) is 6.32. The lowest BCUT2D eigenvalue weighted by molar-refractivity contribution is 0.0935. The molecule has 2 rings (SSSR count). The van der Waals surface area contributed by atoms with E-state index < -0.39 is 10.0 Å². The Bertz CT molecular complexity index is 874. The lowest BCUT2D eigenvalue weighted by atomic mass is 10.0. The summed E-state index contributed by atoms with van der Waals surface area (Å²) in [7, 11) is -1.92. The van der Waals surface area contributed by atoms with Crippen molar-refractivity contribution in [1.29, 1.82) is 0 Å². The Balaban J connectivity index is 2.15. The highest BCUT2D eigenvalue weighted by Crippen LogP contribution is 2.21. The number of amides is 1. The van der Waals surface area contributed by atoms with Gasteiger partial charge in [-0.25, -0.2) is 8.42 Å². The quantitative estimate of drug-likeness (QED) is 0.693. The van der Waals surface area contributed by atoms with Crippen LogP contribution in [0.2, 0.25) is 0 Å². The van der Waals surface area contributed by atoms with Crippen molar-refractivity contribution < 1.29 is 17.9 Å². The smallest absolute Gasteiger partial charge is 0.251 e. The molecule has 7 heteroatoms. The molecule has 0 radical (unpaired) electrons. The van der Waals surface area contributed by atoms with Gasteiger partial charge < -0.3 is 10.1 Å². The zero-order chi connectivity index (χ0) is 20.7. The first-order valence-electron chi connectivity index (χ1n) is 9.42.